The first-order chi connectivity index (χ1) is 31.7. The van der Waals surface area contributed by atoms with Crippen LogP contribution in [0.25, 0.3) is 11.1 Å². The maximum Gasteiger partial charge on any atom is 0.407 e. The maximum atomic E-state index is 13.7. The van der Waals surface area contributed by atoms with E-state index in [9.17, 15) is 28.8 Å². The minimum absolute atomic E-state index is 0.00681. The quantitative estimate of drug-likeness (QED) is 0.0512. The molecule has 1 heterocycles. The number of alkyl carbamates (subject to hydrolysis) is 4. The number of benzene rings is 3. The van der Waals surface area contributed by atoms with E-state index in [1.54, 1.807) is 138 Å². The Hall–Kier alpha value is -6.92. The first-order valence-electron chi connectivity index (χ1n) is 22.3. The van der Waals surface area contributed by atoms with Crippen LogP contribution in [0.3, 0.4) is 0 Å². The number of nitrogens with one attached hydrogen (secondary N) is 4. The summed E-state index contributed by atoms with van der Waals surface area (Å²) in [6.07, 6.45) is -2.62. The first-order valence-corrected chi connectivity index (χ1v) is 22.3. The fourth-order valence-electron chi connectivity index (χ4n) is 6.27. The second-order valence-corrected chi connectivity index (χ2v) is 19.4. The Morgan fingerprint density at radius 2 is 0.779 bits per heavy atom. The van der Waals surface area contributed by atoms with Gasteiger partial charge in [0, 0.05) is 16.7 Å². The van der Waals surface area contributed by atoms with Gasteiger partial charge in [-0.05, 0) is 107 Å². The summed E-state index contributed by atoms with van der Waals surface area (Å²) in [5, 5.41) is 10.7. The minimum atomic E-state index is -0.761. The topological polar surface area (TPSA) is 228 Å². The lowest BCUT2D eigenvalue weighted by atomic mass is 9.99. The molecule has 0 fully saturated rings. The van der Waals surface area contributed by atoms with Crippen LogP contribution in [0.15, 0.2) is 54.6 Å². The van der Waals surface area contributed by atoms with Crippen LogP contribution in [-0.4, -0.2) is 116 Å². The van der Waals surface area contributed by atoms with Gasteiger partial charge in [0.25, 0.3) is 11.8 Å². The number of carbonyl (C=O) groups is 6. The van der Waals surface area contributed by atoms with Gasteiger partial charge in [-0.25, -0.2) is 19.2 Å². The number of amides is 6. The van der Waals surface area contributed by atoms with Crippen LogP contribution < -0.4 is 40.2 Å². The molecule has 0 spiro atoms. The van der Waals surface area contributed by atoms with Gasteiger partial charge in [-0.2, -0.15) is 0 Å². The molecule has 0 aromatic heterocycles. The lowest BCUT2D eigenvalue weighted by Gasteiger charge is -2.24. The summed E-state index contributed by atoms with van der Waals surface area (Å²) in [6, 6.07) is 15.0. The number of hydrogen-bond donors (Lipinski definition) is 4. The summed E-state index contributed by atoms with van der Waals surface area (Å²) < 4.78 is 47.1. The Bertz CT molecular complexity index is 2240. The van der Waals surface area contributed by atoms with Gasteiger partial charge in [0.2, 0.25) is 0 Å². The Balaban J connectivity index is 1.81. The largest absolute Gasteiger partial charge is 0.488 e. The molecule has 372 valence electrons. The molecule has 19 heteroatoms. The third kappa shape index (κ3) is 17.4. The highest BCUT2D eigenvalue weighted by Gasteiger charge is 2.36. The number of rotatable bonds is 19. The predicted octanol–water partition coefficient (Wildman–Crippen LogP) is 7.76. The number of nitrogens with zero attached hydrogens (tertiary/aromatic N) is 1. The second kappa shape index (κ2) is 23.2. The van der Waals surface area contributed by atoms with Crippen LogP contribution in [-0.2, 0) is 25.5 Å². The molecule has 0 aliphatic carbocycles. The lowest BCUT2D eigenvalue weighted by molar-refractivity contribution is 0.0506. The Kier molecular flexibility index (Phi) is 18.3. The van der Waals surface area contributed by atoms with Gasteiger partial charge in [0.15, 0.2) is 23.0 Å². The predicted molar refractivity (Wildman–Crippen MR) is 251 cm³/mol. The molecule has 3 aromatic carbocycles. The molecule has 1 aliphatic rings. The van der Waals surface area contributed by atoms with E-state index in [-0.39, 0.29) is 93.3 Å². The van der Waals surface area contributed by atoms with E-state index in [0.29, 0.717) is 16.7 Å². The summed E-state index contributed by atoms with van der Waals surface area (Å²) in [4.78, 5) is 78.6. The molecule has 19 nitrogen and oxygen atoms in total. The fourth-order valence-corrected chi connectivity index (χ4v) is 6.27. The van der Waals surface area contributed by atoms with E-state index in [0.717, 1.165) is 4.90 Å². The third-order valence-corrected chi connectivity index (χ3v) is 8.75. The van der Waals surface area contributed by atoms with Crippen molar-refractivity contribution in [1.82, 2.24) is 26.2 Å². The number of fused-ring (bicyclic) bond motifs is 1. The average molecular weight is 950 g/mol. The summed E-state index contributed by atoms with van der Waals surface area (Å²) >= 11 is 0. The van der Waals surface area contributed by atoms with Gasteiger partial charge >= 0.3 is 24.4 Å². The molecular formula is C49H67N5O14. The fraction of sp³-hybridized carbons (Fsp3) is 0.510. The van der Waals surface area contributed by atoms with Crippen molar-refractivity contribution in [1.29, 1.82) is 0 Å². The summed E-state index contributed by atoms with van der Waals surface area (Å²) in [5.74, 6) is -0.327. The highest BCUT2D eigenvalue weighted by molar-refractivity contribution is 6.21. The van der Waals surface area contributed by atoms with E-state index in [1.165, 1.54) is 0 Å². The second-order valence-electron chi connectivity index (χ2n) is 19.4. The van der Waals surface area contributed by atoms with E-state index in [4.69, 9.17) is 37.9 Å². The molecular weight excluding hydrogens is 883 g/mol. The molecule has 6 amide bonds. The van der Waals surface area contributed by atoms with Crippen LogP contribution in [0.2, 0.25) is 0 Å². The van der Waals surface area contributed by atoms with Crippen molar-refractivity contribution in [3.8, 4) is 34.1 Å². The van der Waals surface area contributed by atoms with Crippen molar-refractivity contribution in [3.63, 3.8) is 0 Å². The normalized spacial score (nSPS) is 12.6. The zero-order valence-corrected chi connectivity index (χ0v) is 41.2. The van der Waals surface area contributed by atoms with E-state index in [1.807, 2.05) is 0 Å². The molecule has 3 aromatic rings. The van der Waals surface area contributed by atoms with E-state index >= 15 is 0 Å². The molecule has 0 unspecified atom stereocenters. The van der Waals surface area contributed by atoms with Gasteiger partial charge in [0.1, 0.15) is 48.8 Å². The van der Waals surface area contributed by atoms with Gasteiger partial charge in [-0.15, -0.1) is 0 Å². The smallest absolute Gasteiger partial charge is 0.407 e. The molecule has 4 rings (SSSR count). The lowest BCUT2D eigenvalue weighted by Crippen LogP contribution is -2.35. The van der Waals surface area contributed by atoms with Crippen molar-refractivity contribution in [2.24, 2.45) is 0 Å². The summed E-state index contributed by atoms with van der Waals surface area (Å²) in [6.45, 7) is 20.4. The van der Waals surface area contributed by atoms with Gasteiger partial charge in [-0.3, -0.25) is 14.5 Å². The van der Waals surface area contributed by atoms with Gasteiger partial charge < -0.3 is 59.2 Å². The molecule has 0 saturated heterocycles. The third-order valence-electron chi connectivity index (χ3n) is 8.75. The van der Waals surface area contributed by atoms with Crippen LogP contribution in [0.5, 0.6) is 23.0 Å². The highest BCUT2D eigenvalue weighted by atomic mass is 16.6. The minimum Gasteiger partial charge on any atom is -0.488 e. The molecule has 0 bridgehead atoms. The molecule has 68 heavy (non-hydrogen) atoms. The van der Waals surface area contributed by atoms with Crippen molar-refractivity contribution in [3.05, 3.63) is 71.3 Å². The standard InChI is InChI=1S/C49H67N5O14/c1-46(2,3)65-42(57)50-22-26-61-36-19-15-18-32(38(36)63-28-24-52-44(59)67-48(7,8)9)33-21-20-31(30-54-40(55)34-16-13-14-17-35(34)41(54)56)37(62-27-23-51-43(58)66-47(4,5)6)39(33)64-29-25-53-45(60)68-49(10,11)12/h13-21H,22-30H2,1-12H3,(H,50,57)(H,51,58)(H,52,59)(H,53,60). The van der Waals surface area contributed by atoms with Crippen LogP contribution in [0, 0.1) is 0 Å². The molecule has 0 saturated carbocycles. The molecule has 0 radical (unpaired) electrons. The van der Waals surface area contributed by atoms with E-state index in [2.05, 4.69) is 21.3 Å². The van der Waals surface area contributed by atoms with Crippen molar-refractivity contribution in [2.45, 2.75) is 112 Å². The highest BCUT2D eigenvalue weighted by Crippen LogP contribution is 2.47. The van der Waals surface area contributed by atoms with Gasteiger partial charge in [0.05, 0.1) is 43.9 Å². The number of ether oxygens (including phenoxy) is 8. The van der Waals surface area contributed by atoms with Crippen LogP contribution in [0.4, 0.5) is 19.2 Å². The number of carbonyl (C=O) groups excluding carboxylic acids is 6. The maximum absolute atomic E-state index is 13.7. The summed E-state index contributed by atoms with van der Waals surface area (Å²) in [7, 11) is 0. The molecule has 4 N–H and O–H groups in total. The number of para-hydroxylation sites is 1. The molecule has 1 aliphatic heterocycles. The van der Waals surface area contributed by atoms with Crippen molar-refractivity contribution >= 4 is 36.2 Å². The average Bonchev–Trinajstić information content (AvgIpc) is 3.44. The monoisotopic (exact) mass is 949 g/mol. The number of hydrogen-bond acceptors (Lipinski definition) is 14. The summed E-state index contributed by atoms with van der Waals surface area (Å²) in [5.41, 5.74) is -1.30. The zero-order chi connectivity index (χ0) is 50.5. The zero-order valence-electron chi connectivity index (χ0n) is 41.2. The van der Waals surface area contributed by atoms with Crippen molar-refractivity contribution < 1.29 is 66.7 Å². The molecule has 0 atom stereocenters. The van der Waals surface area contributed by atoms with Crippen molar-refractivity contribution in [2.75, 3.05) is 52.6 Å². The van der Waals surface area contributed by atoms with E-state index < -0.39 is 58.6 Å². The number of imide groups is 1. The van der Waals surface area contributed by atoms with Crippen LogP contribution in [0.1, 0.15) is 109 Å². The Morgan fingerprint density at radius 3 is 1.19 bits per heavy atom. The van der Waals surface area contributed by atoms with Crippen LogP contribution >= 0.6 is 0 Å². The van der Waals surface area contributed by atoms with Gasteiger partial charge in [-0.1, -0.05) is 30.3 Å². The Labute approximate surface area is 398 Å². The Morgan fingerprint density at radius 1 is 0.426 bits per heavy atom. The first kappa shape index (κ1) is 53.7. The SMILES string of the molecule is CC(C)(C)OC(=O)NCCOc1cccc(-c2ccc(CN3C(=O)c4ccccc4C3=O)c(OCCNC(=O)OC(C)(C)C)c2OCCNC(=O)OC(C)(C)C)c1OCCNC(=O)OC(C)(C)C.